The van der Waals surface area contributed by atoms with E-state index in [1.165, 1.54) is 24.1 Å². The number of hydrogen-bond acceptors (Lipinski definition) is 1. The number of hydrogen-bond donors (Lipinski definition) is 0. The number of aromatic nitrogens is 1. The van der Waals surface area contributed by atoms with Crippen LogP contribution in [0.5, 0.6) is 0 Å². The van der Waals surface area contributed by atoms with Crippen molar-refractivity contribution in [1.29, 1.82) is 0 Å². The molecule has 0 saturated carbocycles. The second-order valence-corrected chi connectivity index (χ2v) is 3.45. The second kappa shape index (κ2) is 4.24. The number of nitrogens with zero attached hydrogens (tertiary/aromatic N) is 1. The molecule has 0 amide bonds. The van der Waals surface area contributed by atoms with E-state index in [0.717, 1.165) is 0 Å². The van der Waals surface area contributed by atoms with Gasteiger partial charge in [-0.25, -0.2) is 0 Å². The summed E-state index contributed by atoms with van der Waals surface area (Å²) in [5, 5.41) is 0. The molecule has 66 valence electrons. The molecule has 1 aromatic rings. The fraction of sp³-hybridized carbons (Fsp3) is 0.545. The molecular weight excluding hydrogens is 146 g/mol. The third kappa shape index (κ3) is 2.33. The number of rotatable bonds is 3. The molecule has 0 aliphatic heterocycles. The Kier molecular flexibility index (Phi) is 3.27. The quantitative estimate of drug-likeness (QED) is 0.666. The highest BCUT2D eigenvalue weighted by molar-refractivity contribution is 5.16. The average Bonchev–Trinajstić information content (AvgIpc) is 2.05. The highest BCUT2D eigenvalue weighted by atomic mass is 14.7. The Morgan fingerprint density at radius 3 is 2.83 bits per heavy atom. The molecule has 0 spiro atoms. The first-order valence-electron chi connectivity index (χ1n) is 4.66. The Morgan fingerprint density at radius 1 is 1.50 bits per heavy atom. The van der Waals surface area contributed by atoms with E-state index in [4.69, 9.17) is 0 Å². The van der Waals surface area contributed by atoms with Crippen molar-refractivity contribution in [3.05, 3.63) is 29.6 Å². The largest absolute Gasteiger partial charge is 0.261 e. The van der Waals surface area contributed by atoms with Gasteiger partial charge in [0.2, 0.25) is 0 Å². The van der Waals surface area contributed by atoms with Crippen LogP contribution in [-0.2, 0) is 0 Å². The summed E-state index contributed by atoms with van der Waals surface area (Å²) < 4.78 is 0. The molecule has 1 nitrogen and oxygen atoms in total. The first-order chi connectivity index (χ1) is 5.74. The predicted octanol–water partition coefficient (Wildman–Crippen LogP) is 3.29. The highest BCUT2D eigenvalue weighted by Gasteiger charge is 2.04. The van der Waals surface area contributed by atoms with Crippen molar-refractivity contribution in [3.8, 4) is 0 Å². The van der Waals surface area contributed by atoms with Crippen LogP contribution < -0.4 is 0 Å². The van der Waals surface area contributed by atoms with Crippen LogP contribution in [-0.4, -0.2) is 4.98 Å². The molecule has 1 heterocycles. The molecule has 1 aromatic heterocycles. The first-order valence-corrected chi connectivity index (χ1v) is 4.66. The van der Waals surface area contributed by atoms with Gasteiger partial charge in [-0.2, -0.15) is 0 Å². The Balaban J connectivity index is 2.73. The minimum absolute atomic E-state index is 0.606. The van der Waals surface area contributed by atoms with Gasteiger partial charge in [0.1, 0.15) is 0 Å². The van der Waals surface area contributed by atoms with Crippen molar-refractivity contribution in [2.24, 2.45) is 0 Å². The second-order valence-electron chi connectivity index (χ2n) is 3.45. The lowest BCUT2D eigenvalue weighted by molar-refractivity contribution is 0.647. The van der Waals surface area contributed by atoms with Gasteiger partial charge in [0.25, 0.3) is 0 Å². The van der Waals surface area contributed by atoms with Crippen LogP contribution in [0.4, 0.5) is 0 Å². The van der Waals surface area contributed by atoms with Crippen LogP contribution in [0.3, 0.4) is 0 Å². The summed E-state index contributed by atoms with van der Waals surface area (Å²) in [6.07, 6.45) is 4.37. The summed E-state index contributed by atoms with van der Waals surface area (Å²) in [7, 11) is 0. The Morgan fingerprint density at radius 2 is 2.25 bits per heavy atom. The average molecular weight is 163 g/mol. The summed E-state index contributed by atoms with van der Waals surface area (Å²) in [5.74, 6) is 0.606. The zero-order valence-corrected chi connectivity index (χ0v) is 8.17. The molecule has 1 atom stereocenters. The summed E-state index contributed by atoms with van der Waals surface area (Å²) >= 11 is 0. The molecular formula is C11H17N. The van der Waals surface area contributed by atoms with Gasteiger partial charge in [-0.05, 0) is 37.0 Å². The lowest BCUT2D eigenvalue weighted by Gasteiger charge is -2.09. The zero-order chi connectivity index (χ0) is 8.97. The van der Waals surface area contributed by atoms with Crippen LogP contribution in [0.2, 0.25) is 0 Å². The molecule has 1 unspecified atom stereocenters. The lowest BCUT2D eigenvalue weighted by Crippen LogP contribution is -1.96. The smallest absolute Gasteiger partial charge is 0.0434 e. The molecule has 0 N–H and O–H groups in total. The molecule has 0 radical (unpaired) electrons. The molecule has 12 heavy (non-hydrogen) atoms. The minimum atomic E-state index is 0.606. The number of aryl methyl sites for hydroxylation is 1. The first kappa shape index (κ1) is 9.24. The van der Waals surface area contributed by atoms with Crippen LogP contribution in [0.25, 0.3) is 0 Å². The summed E-state index contributed by atoms with van der Waals surface area (Å²) in [6, 6.07) is 4.22. The molecule has 0 aliphatic carbocycles. The van der Waals surface area contributed by atoms with Gasteiger partial charge in [0.15, 0.2) is 0 Å². The molecule has 1 rings (SSSR count). The van der Waals surface area contributed by atoms with E-state index in [0.29, 0.717) is 5.92 Å². The third-order valence-electron chi connectivity index (χ3n) is 2.16. The van der Waals surface area contributed by atoms with E-state index in [1.54, 1.807) is 0 Å². The molecule has 0 aliphatic rings. The Bertz CT molecular complexity index is 243. The van der Waals surface area contributed by atoms with Gasteiger partial charge in [-0.1, -0.05) is 20.3 Å². The van der Waals surface area contributed by atoms with Gasteiger partial charge >= 0.3 is 0 Å². The van der Waals surface area contributed by atoms with Crippen LogP contribution in [0.15, 0.2) is 18.3 Å². The maximum absolute atomic E-state index is 4.36. The Labute approximate surface area is 74.8 Å². The van der Waals surface area contributed by atoms with E-state index in [9.17, 15) is 0 Å². The molecule has 0 saturated heterocycles. The summed E-state index contributed by atoms with van der Waals surface area (Å²) in [4.78, 5) is 4.36. The monoisotopic (exact) mass is 163 g/mol. The lowest BCUT2D eigenvalue weighted by atomic mass is 10.0. The van der Waals surface area contributed by atoms with E-state index in [-0.39, 0.29) is 0 Å². The van der Waals surface area contributed by atoms with Gasteiger partial charge in [-0.15, -0.1) is 0 Å². The van der Waals surface area contributed by atoms with E-state index in [1.807, 2.05) is 12.3 Å². The highest BCUT2D eigenvalue weighted by Crippen LogP contribution is 2.18. The standard InChI is InChI=1S/C11H17N/c1-4-5-10(3)11-8-9(2)6-7-12-11/h6-8,10H,4-5H2,1-3H3. The van der Waals surface area contributed by atoms with Crippen molar-refractivity contribution >= 4 is 0 Å². The van der Waals surface area contributed by atoms with Gasteiger partial charge in [0, 0.05) is 11.9 Å². The summed E-state index contributed by atoms with van der Waals surface area (Å²) in [5.41, 5.74) is 2.54. The summed E-state index contributed by atoms with van der Waals surface area (Å²) in [6.45, 7) is 6.57. The SMILES string of the molecule is CCCC(C)c1cc(C)ccn1. The van der Waals surface area contributed by atoms with Crippen LogP contribution in [0, 0.1) is 6.92 Å². The molecule has 0 aromatic carbocycles. The molecule has 0 bridgehead atoms. The van der Waals surface area contributed by atoms with Crippen molar-refractivity contribution in [2.45, 2.75) is 39.5 Å². The van der Waals surface area contributed by atoms with E-state index >= 15 is 0 Å². The topological polar surface area (TPSA) is 12.9 Å². The fourth-order valence-corrected chi connectivity index (χ4v) is 1.41. The van der Waals surface area contributed by atoms with Crippen molar-refractivity contribution < 1.29 is 0 Å². The maximum atomic E-state index is 4.36. The van der Waals surface area contributed by atoms with Crippen molar-refractivity contribution in [3.63, 3.8) is 0 Å². The van der Waals surface area contributed by atoms with E-state index in [2.05, 4.69) is 31.8 Å². The van der Waals surface area contributed by atoms with E-state index < -0.39 is 0 Å². The third-order valence-corrected chi connectivity index (χ3v) is 2.16. The van der Waals surface area contributed by atoms with Crippen molar-refractivity contribution in [2.75, 3.05) is 0 Å². The molecule has 0 fully saturated rings. The normalized spacial score (nSPS) is 12.9. The number of pyridine rings is 1. The zero-order valence-electron chi connectivity index (χ0n) is 8.17. The fourth-order valence-electron chi connectivity index (χ4n) is 1.41. The van der Waals surface area contributed by atoms with Gasteiger partial charge < -0.3 is 0 Å². The minimum Gasteiger partial charge on any atom is -0.261 e. The van der Waals surface area contributed by atoms with Crippen LogP contribution in [0.1, 0.15) is 43.9 Å². The predicted molar refractivity (Wildman–Crippen MR) is 52.3 cm³/mol. The molecule has 1 heteroatoms. The van der Waals surface area contributed by atoms with Crippen LogP contribution >= 0.6 is 0 Å². The van der Waals surface area contributed by atoms with Crippen molar-refractivity contribution in [1.82, 2.24) is 4.98 Å². The Hall–Kier alpha value is -0.850. The van der Waals surface area contributed by atoms with Gasteiger partial charge in [-0.3, -0.25) is 4.98 Å². The van der Waals surface area contributed by atoms with Gasteiger partial charge in [0.05, 0.1) is 0 Å². The maximum Gasteiger partial charge on any atom is 0.0434 e.